The number of nitrogens with zero attached hydrogens (tertiary/aromatic N) is 1. The van der Waals surface area contributed by atoms with Crippen LogP contribution in [0.3, 0.4) is 0 Å². The van der Waals surface area contributed by atoms with Gasteiger partial charge in [0.1, 0.15) is 5.82 Å². The third-order valence-corrected chi connectivity index (χ3v) is 4.46. The second-order valence-corrected chi connectivity index (χ2v) is 6.65. The minimum Gasteiger partial charge on any atom is -0.375 e. The van der Waals surface area contributed by atoms with Gasteiger partial charge in [-0.1, -0.05) is 0 Å². The van der Waals surface area contributed by atoms with E-state index in [9.17, 15) is 9.18 Å². The average Bonchev–Trinajstić information content (AvgIpc) is 2.80. The van der Waals surface area contributed by atoms with E-state index in [0.717, 1.165) is 4.88 Å². The molecule has 4 nitrogen and oxygen atoms in total. The van der Waals surface area contributed by atoms with E-state index in [0.29, 0.717) is 22.0 Å². The number of aromatic nitrogens is 1. The van der Waals surface area contributed by atoms with Crippen LogP contribution in [0, 0.1) is 12.7 Å². The number of halogens is 1. The zero-order valence-corrected chi connectivity index (χ0v) is 12.2. The third kappa shape index (κ3) is 1.71. The number of fused-ring (bicyclic) bond motifs is 1. The van der Waals surface area contributed by atoms with Crippen molar-refractivity contribution < 1.29 is 9.18 Å². The number of rotatable bonds is 1. The number of amides is 1. The molecule has 3 N–H and O–H groups in total. The van der Waals surface area contributed by atoms with E-state index in [4.69, 9.17) is 5.73 Å². The molecule has 0 unspecified atom stereocenters. The molecule has 3 rings (SSSR count). The number of nitrogens with two attached hydrogens (primary N) is 1. The number of carbonyl (C=O) groups is 1. The summed E-state index contributed by atoms with van der Waals surface area (Å²) in [5.41, 5.74) is 7.19. The summed E-state index contributed by atoms with van der Waals surface area (Å²) in [6, 6.07) is 3.21. The van der Waals surface area contributed by atoms with Gasteiger partial charge in [-0.15, -0.1) is 11.3 Å². The number of anilines is 2. The first-order valence-electron chi connectivity index (χ1n) is 6.19. The van der Waals surface area contributed by atoms with Gasteiger partial charge in [0, 0.05) is 10.4 Å². The van der Waals surface area contributed by atoms with Gasteiger partial charge in [0.25, 0.3) is 0 Å². The molecule has 0 saturated heterocycles. The molecule has 20 heavy (non-hydrogen) atoms. The maximum Gasteiger partial charge on any atom is 0.234 e. The van der Waals surface area contributed by atoms with Crippen molar-refractivity contribution in [3.8, 4) is 11.3 Å². The first kappa shape index (κ1) is 13.1. The van der Waals surface area contributed by atoms with Gasteiger partial charge in [0.05, 0.1) is 16.8 Å². The molecule has 104 valence electrons. The first-order valence-corrected chi connectivity index (χ1v) is 7.01. The predicted molar refractivity (Wildman–Crippen MR) is 78.3 cm³/mol. The van der Waals surface area contributed by atoms with Gasteiger partial charge in [0.2, 0.25) is 5.91 Å². The molecule has 1 aliphatic rings. The molecule has 0 fully saturated rings. The topological polar surface area (TPSA) is 68.0 Å². The summed E-state index contributed by atoms with van der Waals surface area (Å²) in [5, 5.41) is 3.05. The SMILES string of the molecule is Cc1sc(N)nc1-c1cc(F)c2c(c1)C(C)(C)C(=O)N2. The molecule has 0 spiro atoms. The van der Waals surface area contributed by atoms with Crippen molar-refractivity contribution in [2.45, 2.75) is 26.2 Å². The Morgan fingerprint density at radius 2 is 2.10 bits per heavy atom. The van der Waals surface area contributed by atoms with Crippen LogP contribution < -0.4 is 11.1 Å². The van der Waals surface area contributed by atoms with E-state index in [1.165, 1.54) is 17.4 Å². The second-order valence-electron chi connectivity index (χ2n) is 5.42. The molecule has 0 saturated carbocycles. The van der Waals surface area contributed by atoms with Crippen molar-refractivity contribution in [2.75, 3.05) is 11.1 Å². The molecule has 0 radical (unpaired) electrons. The van der Waals surface area contributed by atoms with Gasteiger partial charge in [-0.25, -0.2) is 9.37 Å². The lowest BCUT2D eigenvalue weighted by molar-refractivity contribution is -0.119. The highest BCUT2D eigenvalue weighted by Crippen LogP contribution is 2.42. The lowest BCUT2D eigenvalue weighted by Crippen LogP contribution is -2.26. The van der Waals surface area contributed by atoms with Crippen molar-refractivity contribution in [2.24, 2.45) is 0 Å². The number of nitrogen functional groups attached to an aromatic ring is 1. The Kier molecular flexibility index (Phi) is 2.62. The van der Waals surface area contributed by atoms with Gasteiger partial charge in [-0.3, -0.25) is 4.79 Å². The van der Waals surface area contributed by atoms with Crippen molar-refractivity contribution in [3.63, 3.8) is 0 Å². The molecule has 0 aliphatic carbocycles. The molecule has 1 aromatic heterocycles. The lowest BCUT2D eigenvalue weighted by atomic mass is 9.85. The maximum atomic E-state index is 14.2. The summed E-state index contributed by atoms with van der Waals surface area (Å²) in [6.07, 6.45) is 0. The Morgan fingerprint density at radius 1 is 1.40 bits per heavy atom. The van der Waals surface area contributed by atoms with E-state index < -0.39 is 11.2 Å². The zero-order chi connectivity index (χ0) is 14.7. The lowest BCUT2D eigenvalue weighted by Gasteiger charge is -2.15. The Hall–Kier alpha value is -1.95. The Morgan fingerprint density at radius 3 is 2.70 bits per heavy atom. The zero-order valence-electron chi connectivity index (χ0n) is 11.4. The molecule has 0 bridgehead atoms. The fourth-order valence-corrected chi connectivity index (χ4v) is 3.15. The van der Waals surface area contributed by atoms with Crippen LogP contribution in [0.1, 0.15) is 24.3 Å². The highest BCUT2D eigenvalue weighted by Gasteiger charge is 2.40. The summed E-state index contributed by atoms with van der Waals surface area (Å²) < 4.78 is 14.2. The molecule has 0 atom stereocenters. The average molecular weight is 291 g/mol. The number of thiazole rings is 1. The van der Waals surface area contributed by atoms with Crippen LogP contribution in [-0.4, -0.2) is 10.9 Å². The van der Waals surface area contributed by atoms with Gasteiger partial charge in [0.15, 0.2) is 5.13 Å². The molecule has 1 amide bonds. The van der Waals surface area contributed by atoms with E-state index >= 15 is 0 Å². The number of carbonyl (C=O) groups excluding carboxylic acids is 1. The monoisotopic (exact) mass is 291 g/mol. The van der Waals surface area contributed by atoms with Crippen LogP contribution in [0.4, 0.5) is 15.2 Å². The number of benzene rings is 1. The Labute approximate surface area is 119 Å². The van der Waals surface area contributed by atoms with Crippen LogP contribution in [-0.2, 0) is 10.2 Å². The van der Waals surface area contributed by atoms with Crippen molar-refractivity contribution in [1.82, 2.24) is 4.98 Å². The van der Waals surface area contributed by atoms with Crippen LogP contribution in [0.15, 0.2) is 12.1 Å². The summed E-state index contributed by atoms with van der Waals surface area (Å²) in [5.74, 6) is -0.638. The van der Waals surface area contributed by atoms with E-state index in [2.05, 4.69) is 10.3 Å². The third-order valence-electron chi connectivity index (χ3n) is 3.66. The van der Waals surface area contributed by atoms with E-state index in [-0.39, 0.29) is 11.6 Å². The van der Waals surface area contributed by atoms with Crippen LogP contribution in [0.25, 0.3) is 11.3 Å². The van der Waals surface area contributed by atoms with Crippen LogP contribution in [0.2, 0.25) is 0 Å². The fourth-order valence-electron chi connectivity index (χ4n) is 2.44. The predicted octanol–water partition coefficient (Wildman–Crippen LogP) is 3.07. The smallest absolute Gasteiger partial charge is 0.234 e. The number of hydrogen-bond acceptors (Lipinski definition) is 4. The van der Waals surface area contributed by atoms with E-state index in [1.807, 2.05) is 13.0 Å². The Balaban J connectivity index is 2.23. The quantitative estimate of drug-likeness (QED) is 0.848. The number of hydrogen-bond donors (Lipinski definition) is 2. The molecular weight excluding hydrogens is 277 g/mol. The Bertz CT molecular complexity index is 736. The molecule has 6 heteroatoms. The maximum absolute atomic E-state index is 14.2. The molecule has 1 aromatic carbocycles. The van der Waals surface area contributed by atoms with Gasteiger partial charge in [-0.05, 0) is 38.5 Å². The van der Waals surface area contributed by atoms with Crippen LogP contribution >= 0.6 is 11.3 Å². The highest BCUT2D eigenvalue weighted by molar-refractivity contribution is 7.15. The molecule has 1 aliphatic heterocycles. The molecule has 2 aromatic rings. The summed E-state index contributed by atoms with van der Waals surface area (Å²) >= 11 is 1.37. The van der Waals surface area contributed by atoms with Gasteiger partial charge >= 0.3 is 0 Å². The largest absolute Gasteiger partial charge is 0.375 e. The minimum absolute atomic E-state index is 0.196. The van der Waals surface area contributed by atoms with Crippen LogP contribution in [0.5, 0.6) is 0 Å². The summed E-state index contributed by atoms with van der Waals surface area (Å²) in [7, 11) is 0. The molecular formula is C14H14FN3OS. The summed E-state index contributed by atoms with van der Waals surface area (Å²) in [4.78, 5) is 17.1. The highest BCUT2D eigenvalue weighted by atomic mass is 32.1. The van der Waals surface area contributed by atoms with Crippen molar-refractivity contribution >= 4 is 28.1 Å². The van der Waals surface area contributed by atoms with Crippen molar-refractivity contribution in [3.05, 3.63) is 28.4 Å². The molecule has 2 heterocycles. The van der Waals surface area contributed by atoms with Gasteiger partial charge < -0.3 is 11.1 Å². The number of nitrogens with one attached hydrogen (secondary N) is 1. The van der Waals surface area contributed by atoms with E-state index in [1.54, 1.807) is 13.8 Å². The number of aryl methyl sites for hydroxylation is 1. The minimum atomic E-state index is -0.748. The van der Waals surface area contributed by atoms with Gasteiger partial charge in [-0.2, -0.15) is 0 Å². The van der Waals surface area contributed by atoms with Crippen molar-refractivity contribution in [1.29, 1.82) is 0 Å². The first-order chi connectivity index (χ1) is 9.30. The summed E-state index contributed by atoms with van der Waals surface area (Å²) in [6.45, 7) is 5.45. The normalized spacial score (nSPS) is 16.1. The second kappa shape index (κ2) is 4.02. The standard InChI is InChI=1S/C14H14FN3OS/c1-6-10(18-13(16)20-6)7-4-8-11(9(15)5-7)17-12(19)14(8,2)3/h4-5H,1-3H3,(H2,16,18)(H,17,19). The fraction of sp³-hybridized carbons (Fsp3) is 0.286.